The fourth-order valence-corrected chi connectivity index (χ4v) is 1.80. The molecule has 18 heavy (non-hydrogen) atoms. The van der Waals surface area contributed by atoms with E-state index in [1.54, 1.807) is 12.1 Å². The quantitative estimate of drug-likeness (QED) is 0.814. The second kappa shape index (κ2) is 5.37. The van der Waals surface area contributed by atoms with Crippen molar-refractivity contribution < 1.29 is 4.74 Å². The second-order valence-corrected chi connectivity index (χ2v) is 4.37. The van der Waals surface area contributed by atoms with E-state index in [1.165, 1.54) is 5.56 Å². The second-order valence-electron chi connectivity index (χ2n) is 4.37. The first-order valence-electron chi connectivity index (χ1n) is 5.88. The van der Waals surface area contributed by atoms with Crippen molar-refractivity contribution in [1.29, 1.82) is 5.26 Å². The van der Waals surface area contributed by atoms with Gasteiger partial charge < -0.3 is 4.74 Å². The molecule has 0 spiro atoms. The predicted molar refractivity (Wildman–Crippen MR) is 71.4 cm³/mol. The van der Waals surface area contributed by atoms with Crippen LogP contribution in [0.3, 0.4) is 0 Å². The number of rotatable bonds is 3. The summed E-state index contributed by atoms with van der Waals surface area (Å²) in [5.41, 5.74) is 4.11. The Labute approximate surface area is 107 Å². The molecule has 0 aliphatic heterocycles. The van der Waals surface area contributed by atoms with Gasteiger partial charge in [-0.3, -0.25) is 0 Å². The third-order valence-electron chi connectivity index (χ3n) is 2.81. The molecule has 0 bridgehead atoms. The molecule has 2 heteroatoms. The number of benzene rings is 2. The molecule has 0 fully saturated rings. The summed E-state index contributed by atoms with van der Waals surface area (Å²) in [7, 11) is 0. The Morgan fingerprint density at radius 3 is 2.39 bits per heavy atom. The van der Waals surface area contributed by atoms with Crippen LogP contribution in [-0.2, 0) is 6.61 Å². The lowest BCUT2D eigenvalue weighted by molar-refractivity contribution is 0.304. The molecule has 0 radical (unpaired) electrons. The van der Waals surface area contributed by atoms with Crippen molar-refractivity contribution in [2.24, 2.45) is 0 Å². The zero-order valence-electron chi connectivity index (χ0n) is 10.6. The summed E-state index contributed by atoms with van der Waals surface area (Å²) < 4.78 is 5.77. The monoisotopic (exact) mass is 237 g/mol. The Bertz CT molecular complexity index is 579. The first-order chi connectivity index (χ1) is 8.69. The summed E-state index contributed by atoms with van der Waals surface area (Å²) in [6, 6.07) is 15.7. The van der Waals surface area contributed by atoms with E-state index in [0.29, 0.717) is 12.2 Å². The Balaban J connectivity index is 2.04. The van der Waals surface area contributed by atoms with Crippen LogP contribution in [0.1, 0.15) is 22.3 Å². The average Bonchev–Trinajstić information content (AvgIpc) is 2.38. The van der Waals surface area contributed by atoms with Gasteiger partial charge in [0.25, 0.3) is 0 Å². The van der Waals surface area contributed by atoms with E-state index in [9.17, 15) is 0 Å². The van der Waals surface area contributed by atoms with Crippen LogP contribution in [0.15, 0.2) is 42.5 Å². The minimum atomic E-state index is 0.523. The predicted octanol–water partition coefficient (Wildman–Crippen LogP) is 3.75. The molecular formula is C16H15NO. The number of hydrogen-bond donors (Lipinski definition) is 0. The smallest absolute Gasteiger partial charge is 0.122 e. The third kappa shape index (κ3) is 2.89. The Morgan fingerprint density at radius 2 is 1.78 bits per heavy atom. The van der Waals surface area contributed by atoms with Crippen LogP contribution < -0.4 is 4.74 Å². The van der Waals surface area contributed by atoms with E-state index in [4.69, 9.17) is 10.00 Å². The van der Waals surface area contributed by atoms with Crippen molar-refractivity contribution in [2.75, 3.05) is 0 Å². The minimum Gasteiger partial charge on any atom is -0.489 e. The number of nitrogens with zero attached hydrogens (tertiary/aromatic N) is 1. The summed E-state index contributed by atoms with van der Waals surface area (Å²) in [4.78, 5) is 0. The van der Waals surface area contributed by atoms with E-state index in [1.807, 2.05) is 31.2 Å². The summed E-state index contributed by atoms with van der Waals surface area (Å²) in [6.45, 7) is 4.63. The van der Waals surface area contributed by atoms with E-state index in [-0.39, 0.29) is 0 Å². The van der Waals surface area contributed by atoms with E-state index >= 15 is 0 Å². The molecule has 0 aromatic heterocycles. The van der Waals surface area contributed by atoms with Gasteiger partial charge in [0.2, 0.25) is 0 Å². The molecule has 0 saturated heterocycles. The van der Waals surface area contributed by atoms with Gasteiger partial charge in [0.05, 0.1) is 11.6 Å². The van der Waals surface area contributed by atoms with Crippen LogP contribution in [-0.4, -0.2) is 0 Å². The van der Waals surface area contributed by atoms with Crippen LogP contribution in [0.25, 0.3) is 0 Å². The maximum atomic E-state index is 8.72. The van der Waals surface area contributed by atoms with Crippen molar-refractivity contribution in [3.05, 3.63) is 64.7 Å². The highest BCUT2D eigenvalue weighted by Crippen LogP contribution is 2.20. The Morgan fingerprint density at radius 1 is 1.06 bits per heavy atom. The first kappa shape index (κ1) is 12.2. The zero-order chi connectivity index (χ0) is 13.0. The minimum absolute atomic E-state index is 0.523. The van der Waals surface area contributed by atoms with Crippen LogP contribution in [0, 0.1) is 25.2 Å². The lowest BCUT2D eigenvalue weighted by Crippen LogP contribution is -1.97. The number of aryl methyl sites for hydroxylation is 2. The molecule has 2 aromatic rings. The van der Waals surface area contributed by atoms with Crippen molar-refractivity contribution >= 4 is 0 Å². The molecule has 0 atom stereocenters. The van der Waals surface area contributed by atoms with Crippen molar-refractivity contribution in [2.45, 2.75) is 20.5 Å². The Hall–Kier alpha value is -2.27. The molecule has 0 unspecified atom stereocenters. The van der Waals surface area contributed by atoms with Gasteiger partial charge in [-0.2, -0.15) is 5.26 Å². The highest BCUT2D eigenvalue weighted by Gasteiger charge is 2.00. The third-order valence-corrected chi connectivity index (χ3v) is 2.81. The number of hydrogen-bond acceptors (Lipinski definition) is 2. The van der Waals surface area contributed by atoms with Crippen molar-refractivity contribution in [3.8, 4) is 11.8 Å². The molecule has 2 nitrogen and oxygen atoms in total. The summed E-state index contributed by atoms with van der Waals surface area (Å²) in [5, 5.41) is 8.72. The summed E-state index contributed by atoms with van der Waals surface area (Å²) >= 11 is 0. The topological polar surface area (TPSA) is 33.0 Å². The molecule has 2 rings (SSSR count). The van der Waals surface area contributed by atoms with Gasteiger partial charge in [-0.25, -0.2) is 0 Å². The van der Waals surface area contributed by atoms with Gasteiger partial charge in [0.15, 0.2) is 0 Å². The van der Waals surface area contributed by atoms with Crippen molar-refractivity contribution in [3.63, 3.8) is 0 Å². The van der Waals surface area contributed by atoms with Crippen LogP contribution in [0.2, 0.25) is 0 Å². The lowest BCUT2D eigenvalue weighted by atomic mass is 10.1. The van der Waals surface area contributed by atoms with Gasteiger partial charge in [-0.1, -0.05) is 29.8 Å². The highest BCUT2D eigenvalue weighted by molar-refractivity contribution is 5.36. The van der Waals surface area contributed by atoms with E-state index in [2.05, 4.69) is 19.1 Å². The maximum Gasteiger partial charge on any atom is 0.122 e. The molecule has 2 aromatic carbocycles. The highest BCUT2D eigenvalue weighted by atomic mass is 16.5. The van der Waals surface area contributed by atoms with Gasteiger partial charge in [-0.05, 0) is 43.2 Å². The largest absolute Gasteiger partial charge is 0.489 e. The molecular weight excluding hydrogens is 222 g/mol. The van der Waals surface area contributed by atoms with Gasteiger partial charge in [0, 0.05) is 0 Å². The van der Waals surface area contributed by atoms with Crippen LogP contribution in [0.5, 0.6) is 5.75 Å². The van der Waals surface area contributed by atoms with Gasteiger partial charge in [0.1, 0.15) is 12.4 Å². The lowest BCUT2D eigenvalue weighted by Gasteiger charge is -2.09. The van der Waals surface area contributed by atoms with Gasteiger partial charge in [-0.15, -0.1) is 0 Å². The van der Waals surface area contributed by atoms with E-state index in [0.717, 1.165) is 16.9 Å². The Kier molecular flexibility index (Phi) is 3.64. The summed E-state index contributed by atoms with van der Waals surface area (Å²) in [5.74, 6) is 0.907. The molecule has 0 aliphatic carbocycles. The van der Waals surface area contributed by atoms with Gasteiger partial charge >= 0.3 is 0 Å². The number of nitriles is 1. The molecule has 0 heterocycles. The fourth-order valence-electron chi connectivity index (χ4n) is 1.80. The van der Waals surface area contributed by atoms with E-state index < -0.39 is 0 Å². The molecule has 0 saturated carbocycles. The average molecular weight is 237 g/mol. The standard InChI is InChI=1S/C16H15NO/c1-12-3-8-16(13(2)9-12)18-11-15-6-4-14(10-17)5-7-15/h3-9H,11H2,1-2H3. The molecule has 0 amide bonds. The van der Waals surface area contributed by atoms with Crippen LogP contribution >= 0.6 is 0 Å². The van der Waals surface area contributed by atoms with Crippen LogP contribution in [0.4, 0.5) is 0 Å². The van der Waals surface area contributed by atoms with Crippen molar-refractivity contribution in [1.82, 2.24) is 0 Å². The molecule has 0 N–H and O–H groups in total. The zero-order valence-corrected chi connectivity index (χ0v) is 10.6. The fraction of sp³-hybridized carbons (Fsp3) is 0.188. The normalized spacial score (nSPS) is 9.83. The molecule has 90 valence electrons. The maximum absolute atomic E-state index is 8.72. The summed E-state index contributed by atoms with van der Waals surface area (Å²) in [6.07, 6.45) is 0. The SMILES string of the molecule is Cc1ccc(OCc2ccc(C#N)cc2)c(C)c1. The number of ether oxygens (including phenoxy) is 1. The molecule has 0 aliphatic rings. The first-order valence-corrected chi connectivity index (χ1v) is 5.88.